The van der Waals surface area contributed by atoms with E-state index in [1.807, 2.05) is 6.92 Å². The highest BCUT2D eigenvalue weighted by Gasteiger charge is 2.31. The Balaban J connectivity index is 2.59. The second-order valence-electron chi connectivity index (χ2n) is 5.28. The van der Waals surface area contributed by atoms with Crippen molar-refractivity contribution in [3.8, 4) is 0 Å². The number of aliphatic hydroxyl groups excluding tert-OH is 1. The van der Waals surface area contributed by atoms with Crippen molar-refractivity contribution in [1.82, 2.24) is 10.2 Å². The molecule has 2 N–H and O–H groups in total. The molecule has 0 saturated carbocycles. The summed E-state index contributed by atoms with van der Waals surface area (Å²) in [5.41, 5.74) is 0. The van der Waals surface area contributed by atoms with Crippen molar-refractivity contribution in [2.45, 2.75) is 51.7 Å². The molecule has 4 nitrogen and oxygen atoms in total. The SMILES string of the molecule is CCCC(=O)N1CC(NCC(F)F)CC(C(C)O)C1. The lowest BCUT2D eigenvalue weighted by Crippen LogP contribution is -2.53. The van der Waals surface area contributed by atoms with Gasteiger partial charge in [-0.25, -0.2) is 8.78 Å². The van der Waals surface area contributed by atoms with Gasteiger partial charge < -0.3 is 15.3 Å². The van der Waals surface area contributed by atoms with Gasteiger partial charge in [0.15, 0.2) is 0 Å². The summed E-state index contributed by atoms with van der Waals surface area (Å²) in [5.74, 6) is -0.0126. The van der Waals surface area contributed by atoms with Gasteiger partial charge >= 0.3 is 0 Å². The zero-order valence-electron chi connectivity index (χ0n) is 11.6. The first kappa shape index (κ1) is 16.3. The molecule has 6 heteroatoms. The fourth-order valence-corrected chi connectivity index (χ4v) is 2.47. The van der Waals surface area contributed by atoms with E-state index in [0.717, 1.165) is 6.42 Å². The van der Waals surface area contributed by atoms with Gasteiger partial charge in [0.2, 0.25) is 5.91 Å². The minimum absolute atomic E-state index is 0.0386. The number of halogens is 2. The fourth-order valence-electron chi connectivity index (χ4n) is 2.47. The highest BCUT2D eigenvalue weighted by Crippen LogP contribution is 2.21. The van der Waals surface area contributed by atoms with Gasteiger partial charge in [-0.05, 0) is 19.8 Å². The van der Waals surface area contributed by atoms with Crippen LogP contribution in [-0.2, 0) is 4.79 Å². The average molecular weight is 278 g/mol. The first-order chi connectivity index (χ1) is 8.93. The summed E-state index contributed by atoms with van der Waals surface area (Å²) < 4.78 is 24.5. The average Bonchev–Trinajstić information content (AvgIpc) is 2.36. The molecule has 0 bridgehead atoms. The molecule has 0 aliphatic carbocycles. The second-order valence-corrected chi connectivity index (χ2v) is 5.28. The number of piperidine rings is 1. The normalized spacial score (nSPS) is 25.7. The molecule has 1 heterocycles. The number of carbonyl (C=O) groups excluding carboxylic acids is 1. The summed E-state index contributed by atoms with van der Waals surface area (Å²) in [6, 6.07) is -0.164. The number of aliphatic hydroxyl groups is 1. The maximum Gasteiger partial charge on any atom is 0.250 e. The van der Waals surface area contributed by atoms with Crippen LogP contribution < -0.4 is 5.32 Å². The summed E-state index contributed by atoms with van der Waals surface area (Å²) in [4.78, 5) is 13.6. The van der Waals surface area contributed by atoms with Crippen LogP contribution in [0.25, 0.3) is 0 Å². The minimum atomic E-state index is -2.40. The third kappa shape index (κ3) is 5.40. The topological polar surface area (TPSA) is 52.6 Å². The van der Waals surface area contributed by atoms with Gasteiger partial charge in [-0.3, -0.25) is 4.79 Å². The lowest BCUT2D eigenvalue weighted by molar-refractivity contribution is -0.134. The van der Waals surface area contributed by atoms with Crippen LogP contribution in [0, 0.1) is 5.92 Å². The maximum absolute atomic E-state index is 12.2. The van der Waals surface area contributed by atoms with Gasteiger partial charge in [-0.1, -0.05) is 6.92 Å². The van der Waals surface area contributed by atoms with Crippen LogP contribution in [0.15, 0.2) is 0 Å². The van der Waals surface area contributed by atoms with E-state index in [1.165, 1.54) is 0 Å². The molecule has 112 valence electrons. The van der Waals surface area contributed by atoms with E-state index >= 15 is 0 Å². The highest BCUT2D eigenvalue weighted by atomic mass is 19.3. The molecule has 1 amide bonds. The Morgan fingerprint density at radius 3 is 2.68 bits per heavy atom. The molecule has 1 aliphatic rings. The summed E-state index contributed by atoms with van der Waals surface area (Å²) in [5, 5.41) is 12.5. The fraction of sp³-hybridized carbons (Fsp3) is 0.923. The second kappa shape index (κ2) is 7.75. The predicted molar refractivity (Wildman–Crippen MR) is 69.1 cm³/mol. The van der Waals surface area contributed by atoms with Gasteiger partial charge in [0, 0.05) is 31.5 Å². The van der Waals surface area contributed by atoms with Crippen LogP contribution in [0.4, 0.5) is 8.78 Å². The molecule has 0 aromatic heterocycles. The van der Waals surface area contributed by atoms with Gasteiger partial charge in [-0.2, -0.15) is 0 Å². The number of hydrogen-bond acceptors (Lipinski definition) is 3. The molecule has 3 atom stereocenters. The molecule has 0 aromatic carbocycles. The van der Waals surface area contributed by atoms with Gasteiger partial charge in [0.25, 0.3) is 6.43 Å². The summed E-state index contributed by atoms with van der Waals surface area (Å²) in [6.45, 7) is 4.22. The monoisotopic (exact) mass is 278 g/mol. The van der Waals surface area contributed by atoms with Crippen LogP contribution in [0.2, 0.25) is 0 Å². The quantitative estimate of drug-likeness (QED) is 0.768. The number of amides is 1. The third-order valence-corrected chi connectivity index (χ3v) is 3.54. The lowest BCUT2D eigenvalue weighted by atomic mass is 9.90. The number of carbonyl (C=O) groups is 1. The van der Waals surface area contributed by atoms with Crippen molar-refractivity contribution in [3.05, 3.63) is 0 Å². The number of nitrogens with one attached hydrogen (secondary N) is 1. The molecule has 0 radical (unpaired) electrons. The van der Waals surface area contributed by atoms with E-state index in [0.29, 0.717) is 25.9 Å². The lowest BCUT2D eigenvalue weighted by Gasteiger charge is -2.39. The van der Waals surface area contributed by atoms with Crippen molar-refractivity contribution in [2.75, 3.05) is 19.6 Å². The number of alkyl halides is 2. The molecular weight excluding hydrogens is 254 g/mol. The van der Waals surface area contributed by atoms with Crippen molar-refractivity contribution < 1.29 is 18.7 Å². The highest BCUT2D eigenvalue weighted by molar-refractivity contribution is 5.76. The summed E-state index contributed by atoms with van der Waals surface area (Å²) >= 11 is 0. The third-order valence-electron chi connectivity index (χ3n) is 3.54. The molecule has 1 aliphatic heterocycles. The largest absolute Gasteiger partial charge is 0.393 e. The Labute approximate surface area is 113 Å². The van der Waals surface area contributed by atoms with E-state index in [-0.39, 0.29) is 24.4 Å². The minimum Gasteiger partial charge on any atom is -0.393 e. The molecule has 0 spiro atoms. The van der Waals surface area contributed by atoms with Crippen LogP contribution in [-0.4, -0.2) is 54.1 Å². The maximum atomic E-state index is 12.2. The van der Waals surface area contributed by atoms with E-state index in [9.17, 15) is 18.7 Å². The first-order valence-corrected chi connectivity index (χ1v) is 6.91. The van der Waals surface area contributed by atoms with E-state index in [4.69, 9.17) is 0 Å². The predicted octanol–water partition coefficient (Wildman–Crippen LogP) is 1.24. The van der Waals surface area contributed by atoms with Crippen molar-refractivity contribution in [1.29, 1.82) is 0 Å². The molecule has 1 fully saturated rings. The molecule has 1 saturated heterocycles. The number of nitrogens with zero attached hydrogens (tertiary/aromatic N) is 1. The summed E-state index contributed by atoms with van der Waals surface area (Å²) in [6.07, 6.45) is -1.07. The van der Waals surface area contributed by atoms with E-state index in [2.05, 4.69) is 5.32 Å². The van der Waals surface area contributed by atoms with E-state index < -0.39 is 12.5 Å². The molecule has 1 rings (SSSR count). The van der Waals surface area contributed by atoms with Crippen LogP contribution in [0.3, 0.4) is 0 Å². The Morgan fingerprint density at radius 1 is 1.47 bits per heavy atom. The number of likely N-dealkylation sites (tertiary alicyclic amines) is 1. The standard InChI is InChI=1S/C13H24F2N2O2/c1-3-4-13(19)17-7-10(9(2)18)5-11(8-17)16-6-12(14)15/h9-12,16,18H,3-8H2,1-2H3. The smallest absolute Gasteiger partial charge is 0.250 e. The van der Waals surface area contributed by atoms with Crippen LogP contribution in [0.1, 0.15) is 33.1 Å². The van der Waals surface area contributed by atoms with Crippen LogP contribution in [0.5, 0.6) is 0 Å². The Kier molecular flexibility index (Phi) is 6.65. The van der Waals surface area contributed by atoms with Crippen molar-refractivity contribution in [3.63, 3.8) is 0 Å². The van der Waals surface area contributed by atoms with Gasteiger partial charge in [-0.15, -0.1) is 0 Å². The molecule has 3 unspecified atom stereocenters. The number of rotatable bonds is 6. The number of hydrogen-bond donors (Lipinski definition) is 2. The molecular formula is C13H24F2N2O2. The molecule has 19 heavy (non-hydrogen) atoms. The first-order valence-electron chi connectivity index (χ1n) is 6.91. The van der Waals surface area contributed by atoms with E-state index in [1.54, 1.807) is 11.8 Å². The van der Waals surface area contributed by atoms with Gasteiger partial charge in [0.1, 0.15) is 0 Å². The zero-order chi connectivity index (χ0) is 14.4. The summed E-state index contributed by atoms with van der Waals surface area (Å²) in [7, 11) is 0. The Hall–Kier alpha value is -0.750. The Morgan fingerprint density at radius 2 is 2.16 bits per heavy atom. The Bertz CT molecular complexity index is 288. The van der Waals surface area contributed by atoms with Crippen molar-refractivity contribution in [2.24, 2.45) is 5.92 Å². The molecule has 0 aromatic rings. The zero-order valence-corrected chi connectivity index (χ0v) is 11.6. The van der Waals surface area contributed by atoms with Crippen molar-refractivity contribution >= 4 is 5.91 Å². The van der Waals surface area contributed by atoms with Gasteiger partial charge in [0.05, 0.1) is 12.6 Å². The van der Waals surface area contributed by atoms with Crippen LogP contribution >= 0.6 is 0 Å².